The molecule has 0 amide bonds. The van der Waals surface area contributed by atoms with Crippen LogP contribution in [0.4, 0.5) is 87.8 Å². The fourth-order valence-electron chi connectivity index (χ4n) is 1.37. The fourth-order valence-corrected chi connectivity index (χ4v) is 3.32. The van der Waals surface area contributed by atoms with Crippen LogP contribution in [-0.2, 0) is 18.0 Å². The summed E-state index contributed by atoms with van der Waals surface area (Å²) in [6, 6.07) is 0. The minimum atomic E-state index is -9.84. The maximum atomic E-state index is 13.8. The van der Waals surface area contributed by atoms with Crippen molar-refractivity contribution >= 4 is 8.80 Å². The van der Waals surface area contributed by atoms with Gasteiger partial charge in [-0.25, -0.2) is 4.74 Å². The Morgan fingerprint density at radius 3 is 0.879 bits per heavy atom. The maximum absolute atomic E-state index is 13.8. The van der Waals surface area contributed by atoms with Crippen LogP contribution < -0.4 is 0 Å². The van der Waals surface area contributed by atoms with Gasteiger partial charge in [-0.1, -0.05) is 0 Å². The molecule has 0 aliphatic rings. The lowest BCUT2D eigenvalue weighted by molar-refractivity contribution is -0.500. The number of ether oxygens (including phenoxy) is 1. The Hall–Kier alpha value is -1.34. The van der Waals surface area contributed by atoms with Gasteiger partial charge in [0.2, 0.25) is 0 Å². The summed E-state index contributed by atoms with van der Waals surface area (Å²) in [4.78, 5) is 0. The first-order chi connectivity index (χ1) is 13.8. The molecule has 0 N–H and O–H groups in total. The molecule has 4 nitrogen and oxygen atoms in total. The first-order valence-corrected chi connectivity index (χ1v) is 8.14. The predicted molar refractivity (Wildman–Crippen MR) is 54.1 cm³/mol. The molecule has 0 spiro atoms. The Morgan fingerprint density at radius 1 is 0.394 bits per heavy atom. The smallest absolute Gasteiger partial charge is 0.280 e. The molecule has 0 radical (unpaired) electrons. The second-order valence-corrected chi connectivity index (χ2v) is 7.33. The molecule has 0 unspecified atom stereocenters. The molecule has 0 atom stereocenters. The van der Waals surface area contributed by atoms with Crippen molar-refractivity contribution in [3.05, 3.63) is 0 Å². The summed E-state index contributed by atoms with van der Waals surface area (Å²) in [5.74, 6) is -8.53. The minimum Gasteiger partial charge on any atom is -0.280 e. The van der Waals surface area contributed by atoms with Gasteiger partial charge < -0.3 is 0 Å². The topological polar surface area (TPSA) is 36.9 Å². The Balaban J connectivity index is 7.02. The van der Waals surface area contributed by atoms with Crippen molar-refractivity contribution < 1.29 is 106 Å². The lowest BCUT2D eigenvalue weighted by Crippen LogP contribution is -2.75. The molecule has 200 valence electrons. The standard InChI is InChI=1S/C8F20O4Si/c9-1(10,3(14,15)29-4(16,17)2(11,12)13)5(18,19)33(30-6(20,21)22,31-7(23,24)25)32-8(26,27)28. The third kappa shape index (κ3) is 7.32. The Bertz CT molecular complexity index is 631. The third-order valence-corrected chi connectivity index (χ3v) is 5.06. The normalized spacial score (nSPS) is 16.4. The molecule has 33 heavy (non-hydrogen) atoms. The van der Waals surface area contributed by atoms with Crippen LogP contribution in [-0.4, -0.2) is 57.8 Å². The van der Waals surface area contributed by atoms with Gasteiger partial charge in [-0.3, -0.25) is 13.3 Å². The Morgan fingerprint density at radius 2 is 0.667 bits per heavy atom. The highest BCUT2D eigenvalue weighted by atomic mass is 28.4. The van der Waals surface area contributed by atoms with Gasteiger partial charge in [0, 0.05) is 0 Å². The molecule has 0 heterocycles. The van der Waals surface area contributed by atoms with E-state index in [1.54, 1.807) is 13.3 Å². The van der Waals surface area contributed by atoms with Crippen LogP contribution in [0.15, 0.2) is 0 Å². The highest BCUT2D eigenvalue weighted by Crippen LogP contribution is 2.56. The highest BCUT2D eigenvalue weighted by molar-refractivity contribution is 6.64. The van der Waals surface area contributed by atoms with Gasteiger partial charge in [0.1, 0.15) is 0 Å². The number of rotatable bonds is 8. The third-order valence-electron chi connectivity index (χ3n) is 2.48. The predicted octanol–water partition coefficient (Wildman–Crippen LogP) is 6.11. The molecule has 0 bridgehead atoms. The quantitative estimate of drug-likeness (QED) is 0.262. The number of hydrogen-bond donors (Lipinski definition) is 0. The van der Waals surface area contributed by atoms with Crippen LogP contribution in [0.25, 0.3) is 0 Å². The minimum absolute atomic E-state index is 1.12. The van der Waals surface area contributed by atoms with Crippen LogP contribution in [0.1, 0.15) is 0 Å². The summed E-state index contributed by atoms with van der Waals surface area (Å²) in [7, 11) is -9.84. The van der Waals surface area contributed by atoms with Gasteiger partial charge >= 0.3 is 57.8 Å². The largest absolute Gasteiger partial charge is 0.601 e. The van der Waals surface area contributed by atoms with Crippen molar-refractivity contribution in [1.82, 2.24) is 0 Å². The van der Waals surface area contributed by atoms with Gasteiger partial charge in [-0.05, 0) is 0 Å². The van der Waals surface area contributed by atoms with Crippen molar-refractivity contribution in [3.8, 4) is 0 Å². The number of alkyl halides is 20. The van der Waals surface area contributed by atoms with Gasteiger partial charge in [0.25, 0.3) is 0 Å². The van der Waals surface area contributed by atoms with Crippen molar-refractivity contribution in [2.24, 2.45) is 0 Å². The molecule has 25 heteroatoms. The molecular weight excluding hydrogens is 568 g/mol. The maximum Gasteiger partial charge on any atom is 0.601 e. The monoisotopic (exact) mass is 568 g/mol. The van der Waals surface area contributed by atoms with E-state index < -0.39 is 57.8 Å². The van der Waals surface area contributed by atoms with Gasteiger partial charge in [0.15, 0.2) is 0 Å². The van der Waals surface area contributed by atoms with E-state index in [-0.39, 0.29) is 0 Å². The molecule has 0 aliphatic heterocycles. The SMILES string of the molecule is FC(F)(F)O[Si](OC(F)(F)F)(OC(F)(F)F)C(F)(F)C(F)(F)C(F)(F)OC(F)(F)C(F)(F)F. The average molecular weight is 568 g/mol. The summed E-state index contributed by atoms with van der Waals surface area (Å²) in [5.41, 5.74) is -8.44. The van der Waals surface area contributed by atoms with Gasteiger partial charge in [-0.2, -0.15) is 48.3 Å². The van der Waals surface area contributed by atoms with E-state index in [0.717, 1.165) is 4.74 Å². The molecule has 0 fully saturated rings. The van der Waals surface area contributed by atoms with E-state index in [0.29, 0.717) is 0 Å². The van der Waals surface area contributed by atoms with Crippen molar-refractivity contribution in [2.45, 2.75) is 48.9 Å². The zero-order valence-electron chi connectivity index (χ0n) is 13.7. The molecule has 0 aromatic rings. The van der Waals surface area contributed by atoms with Crippen molar-refractivity contribution in [1.29, 1.82) is 0 Å². The summed E-state index contributed by atoms with van der Waals surface area (Å²) >= 11 is 0. The zero-order chi connectivity index (χ0) is 27.3. The summed E-state index contributed by atoms with van der Waals surface area (Å²) in [6.45, 7) is 0. The molecule has 0 saturated heterocycles. The summed E-state index contributed by atoms with van der Waals surface area (Å²) in [6.07, 6.45) is -45.2. The van der Waals surface area contributed by atoms with E-state index in [9.17, 15) is 87.8 Å². The van der Waals surface area contributed by atoms with Crippen LogP contribution in [0.2, 0.25) is 0 Å². The number of hydrogen-bond acceptors (Lipinski definition) is 4. The van der Waals surface area contributed by atoms with E-state index in [1.165, 1.54) is 0 Å². The Labute approximate surface area is 165 Å². The summed E-state index contributed by atoms with van der Waals surface area (Å²) in [5, 5.41) is 0. The van der Waals surface area contributed by atoms with Gasteiger partial charge in [-0.15, -0.1) is 39.5 Å². The lowest BCUT2D eigenvalue weighted by Gasteiger charge is -2.41. The van der Waals surface area contributed by atoms with E-state index >= 15 is 0 Å². The van der Waals surface area contributed by atoms with E-state index in [1.807, 2.05) is 0 Å². The van der Waals surface area contributed by atoms with Crippen LogP contribution >= 0.6 is 0 Å². The molecule has 0 aliphatic carbocycles. The van der Waals surface area contributed by atoms with Crippen LogP contribution in [0, 0.1) is 0 Å². The zero-order valence-corrected chi connectivity index (χ0v) is 14.7. The second-order valence-electron chi connectivity index (χ2n) is 4.98. The fraction of sp³-hybridized carbons (Fsp3) is 1.00. The molecule has 0 saturated carbocycles. The number of halogens is 20. The van der Waals surface area contributed by atoms with Crippen molar-refractivity contribution in [2.75, 3.05) is 0 Å². The van der Waals surface area contributed by atoms with E-state index in [4.69, 9.17) is 0 Å². The van der Waals surface area contributed by atoms with Crippen LogP contribution in [0.3, 0.4) is 0 Å². The second kappa shape index (κ2) is 8.40. The molecule has 0 aromatic heterocycles. The van der Waals surface area contributed by atoms with Crippen molar-refractivity contribution in [3.63, 3.8) is 0 Å². The first kappa shape index (κ1) is 31.7. The summed E-state index contributed by atoms with van der Waals surface area (Å²) < 4.78 is 257. The molecule has 0 rings (SSSR count). The van der Waals surface area contributed by atoms with Crippen LogP contribution in [0.5, 0.6) is 0 Å². The lowest BCUT2D eigenvalue weighted by atomic mass is 10.3. The van der Waals surface area contributed by atoms with Gasteiger partial charge in [0.05, 0.1) is 0 Å². The highest BCUT2D eigenvalue weighted by Gasteiger charge is 2.90. The van der Waals surface area contributed by atoms with E-state index in [2.05, 4.69) is 0 Å². The first-order valence-electron chi connectivity index (χ1n) is 6.41. The molecular formula is C8F20O4Si. The molecule has 0 aromatic carbocycles. The average Bonchev–Trinajstić information content (AvgIpc) is 2.37. The Kier molecular flexibility index (Phi) is 8.06.